The van der Waals surface area contributed by atoms with Crippen molar-refractivity contribution in [3.05, 3.63) is 30.9 Å². The third-order valence-electron chi connectivity index (χ3n) is 5.37. The number of aromatic nitrogens is 2. The van der Waals surface area contributed by atoms with Crippen LogP contribution in [0.3, 0.4) is 0 Å². The number of piperidine rings is 1. The molecule has 1 atom stereocenters. The summed E-state index contributed by atoms with van der Waals surface area (Å²) >= 11 is 0. The van der Waals surface area contributed by atoms with Crippen molar-refractivity contribution >= 4 is 34.3 Å². The Morgan fingerprint density at radius 3 is 2.82 bits per heavy atom. The summed E-state index contributed by atoms with van der Waals surface area (Å²) in [5.74, 6) is 2.14. The maximum absolute atomic E-state index is 11.7. The fourth-order valence-corrected chi connectivity index (χ4v) is 3.90. The van der Waals surface area contributed by atoms with Crippen molar-refractivity contribution in [2.24, 2.45) is 5.92 Å². The second kappa shape index (κ2) is 8.14. The summed E-state index contributed by atoms with van der Waals surface area (Å²) in [6.07, 6.45) is 3.70. The van der Waals surface area contributed by atoms with Crippen LogP contribution in [-0.2, 0) is 9.53 Å². The smallest absolute Gasteiger partial charge is 0.247 e. The van der Waals surface area contributed by atoms with Crippen LogP contribution in [0.4, 0.5) is 17.5 Å². The number of hydrogen-bond acceptors (Lipinski definition) is 6. The second-order valence-electron chi connectivity index (χ2n) is 7.57. The second-order valence-corrected chi connectivity index (χ2v) is 7.57. The number of carbonyl (C=O) groups excluding carboxylic acids is 1. The molecule has 2 aliphatic heterocycles. The van der Waals surface area contributed by atoms with E-state index in [1.54, 1.807) is 0 Å². The normalized spacial score (nSPS) is 20.2. The van der Waals surface area contributed by atoms with E-state index in [2.05, 4.69) is 28.6 Å². The molecule has 7 heteroatoms. The van der Waals surface area contributed by atoms with Crippen LogP contribution in [0.25, 0.3) is 10.9 Å². The predicted octanol–water partition coefficient (Wildman–Crippen LogP) is 2.83. The van der Waals surface area contributed by atoms with Crippen LogP contribution >= 0.6 is 0 Å². The molecule has 1 unspecified atom stereocenters. The summed E-state index contributed by atoms with van der Waals surface area (Å²) in [5.41, 5.74) is 1.55. The zero-order valence-corrected chi connectivity index (χ0v) is 16.4. The van der Waals surface area contributed by atoms with Gasteiger partial charge in [-0.1, -0.05) is 13.5 Å². The molecule has 3 heterocycles. The summed E-state index contributed by atoms with van der Waals surface area (Å²) in [7, 11) is 0. The molecule has 2 saturated heterocycles. The molecule has 2 aliphatic rings. The topological polar surface area (TPSA) is 70.6 Å². The third kappa shape index (κ3) is 3.94. The van der Waals surface area contributed by atoms with E-state index >= 15 is 0 Å². The molecular formula is C21H27N5O2. The van der Waals surface area contributed by atoms with E-state index in [9.17, 15) is 4.79 Å². The van der Waals surface area contributed by atoms with Gasteiger partial charge in [0.15, 0.2) is 0 Å². The Balaban J connectivity index is 1.77. The minimum atomic E-state index is -0.230. The fraction of sp³-hybridized carbons (Fsp3) is 0.476. The summed E-state index contributed by atoms with van der Waals surface area (Å²) in [6, 6.07) is 5.82. The van der Waals surface area contributed by atoms with E-state index < -0.39 is 0 Å². The number of ether oxygens (including phenoxy) is 1. The SMILES string of the molecule is C=CC(=O)Nc1ccc2c(N3CCCC(C)C3)nc(N3CCOCC3)nc2c1. The molecule has 2 fully saturated rings. The fourth-order valence-electron chi connectivity index (χ4n) is 3.90. The van der Waals surface area contributed by atoms with Gasteiger partial charge in [-0.15, -0.1) is 0 Å². The highest BCUT2D eigenvalue weighted by atomic mass is 16.5. The molecule has 2 aromatic rings. The van der Waals surface area contributed by atoms with E-state index in [0.717, 1.165) is 48.8 Å². The maximum atomic E-state index is 11.7. The van der Waals surface area contributed by atoms with E-state index in [0.29, 0.717) is 24.8 Å². The van der Waals surface area contributed by atoms with Crippen molar-refractivity contribution in [2.45, 2.75) is 19.8 Å². The first kappa shape index (κ1) is 18.7. The first-order valence-corrected chi connectivity index (χ1v) is 9.97. The van der Waals surface area contributed by atoms with Crippen molar-refractivity contribution in [1.29, 1.82) is 0 Å². The lowest BCUT2D eigenvalue weighted by Crippen LogP contribution is -2.38. The molecule has 0 aliphatic carbocycles. The standard InChI is InChI=1S/C21H27N5O2/c1-3-19(27)22-16-6-7-17-18(13-16)23-21(25-9-11-28-12-10-25)24-20(17)26-8-4-5-15(2)14-26/h3,6-7,13,15H,1,4-5,8-12,14H2,2H3,(H,22,27). The molecule has 0 saturated carbocycles. The number of rotatable bonds is 4. The number of fused-ring (bicyclic) bond motifs is 1. The summed E-state index contributed by atoms with van der Waals surface area (Å²) in [6.45, 7) is 10.8. The van der Waals surface area contributed by atoms with Crippen LogP contribution in [-0.4, -0.2) is 55.3 Å². The monoisotopic (exact) mass is 381 g/mol. The van der Waals surface area contributed by atoms with Crippen LogP contribution in [0, 0.1) is 5.92 Å². The zero-order valence-electron chi connectivity index (χ0n) is 16.4. The van der Waals surface area contributed by atoms with Crippen LogP contribution in [0.2, 0.25) is 0 Å². The Morgan fingerprint density at radius 1 is 1.25 bits per heavy atom. The predicted molar refractivity (Wildman–Crippen MR) is 112 cm³/mol. The van der Waals surface area contributed by atoms with Gasteiger partial charge in [-0.2, -0.15) is 4.98 Å². The Bertz CT molecular complexity index is 878. The number of carbonyl (C=O) groups is 1. The minimum absolute atomic E-state index is 0.230. The Morgan fingerprint density at radius 2 is 2.07 bits per heavy atom. The number of benzene rings is 1. The molecule has 0 bridgehead atoms. The highest BCUT2D eigenvalue weighted by Crippen LogP contribution is 2.31. The van der Waals surface area contributed by atoms with Gasteiger partial charge in [-0.25, -0.2) is 4.98 Å². The first-order chi connectivity index (χ1) is 13.6. The molecule has 28 heavy (non-hydrogen) atoms. The van der Waals surface area contributed by atoms with Gasteiger partial charge in [-0.3, -0.25) is 4.79 Å². The van der Waals surface area contributed by atoms with Gasteiger partial charge in [0.25, 0.3) is 0 Å². The Hall–Kier alpha value is -2.67. The van der Waals surface area contributed by atoms with Gasteiger partial charge < -0.3 is 19.9 Å². The molecule has 0 radical (unpaired) electrons. The lowest BCUT2D eigenvalue weighted by molar-refractivity contribution is -0.111. The minimum Gasteiger partial charge on any atom is -0.378 e. The van der Waals surface area contributed by atoms with Gasteiger partial charge in [0, 0.05) is 37.3 Å². The van der Waals surface area contributed by atoms with Gasteiger partial charge in [0.1, 0.15) is 5.82 Å². The van der Waals surface area contributed by atoms with Crippen LogP contribution in [0.1, 0.15) is 19.8 Å². The van der Waals surface area contributed by atoms with Crippen molar-refractivity contribution in [1.82, 2.24) is 9.97 Å². The van der Waals surface area contributed by atoms with Crippen molar-refractivity contribution in [2.75, 3.05) is 54.5 Å². The molecule has 1 amide bonds. The average molecular weight is 381 g/mol. The van der Waals surface area contributed by atoms with Crippen LogP contribution in [0.5, 0.6) is 0 Å². The quantitative estimate of drug-likeness (QED) is 0.822. The zero-order chi connectivity index (χ0) is 19.5. The lowest BCUT2D eigenvalue weighted by Gasteiger charge is -2.34. The molecular weight excluding hydrogens is 354 g/mol. The highest BCUT2D eigenvalue weighted by molar-refractivity contribution is 6.01. The van der Waals surface area contributed by atoms with E-state index in [1.807, 2.05) is 18.2 Å². The first-order valence-electron chi connectivity index (χ1n) is 9.97. The van der Waals surface area contributed by atoms with Gasteiger partial charge in [0.05, 0.1) is 18.7 Å². The summed E-state index contributed by atoms with van der Waals surface area (Å²) < 4.78 is 5.48. The number of anilines is 3. The van der Waals surface area contributed by atoms with E-state index in [4.69, 9.17) is 14.7 Å². The van der Waals surface area contributed by atoms with E-state index in [1.165, 1.54) is 18.9 Å². The largest absolute Gasteiger partial charge is 0.378 e. The summed E-state index contributed by atoms with van der Waals surface area (Å²) in [4.78, 5) is 26.0. The van der Waals surface area contributed by atoms with E-state index in [-0.39, 0.29) is 5.91 Å². The number of nitrogens with zero attached hydrogens (tertiary/aromatic N) is 4. The van der Waals surface area contributed by atoms with Gasteiger partial charge in [-0.05, 0) is 43.0 Å². The molecule has 1 aromatic carbocycles. The van der Waals surface area contributed by atoms with Crippen molar-refractivity contribution < 1.29 is 9.53 Å². The van der Waals surface area contributed by atoms with Crippen LogP contribution < -0.4 is 15.1 Å². The van der Waals surface area contributed by atoms with Crippen LogP contribution in [0.15, 0.2) is 30.9 Å². The third-order valence-corrected chi connectivity index (χ3v) is 5.37. The Labute approximate surface area is 165 Å². The molecule has 4 rings (SSSR count). The molecule has 148 valence electrons. The molecule has 7 nitrogen and oxygen atoms in total. The molecule has 1 aromatic heterocycles. The lowest BCUT2D eigenvalue weighted by atomic mass is 10.00. The van der Waals surface area contributed by atoms with Gasteiger partial charge >= 0.3 is 0 Å². The number of nitrogens with one attached hydrogen (secondary N) is 1. The molecule has 1 N–H and O–H groups in total. The highest BCUT2D eigenvalue weighted by Gasteiger charge is 2.23. The average Bonchev–Trinajstić information content (AvgIpc) is 2.73. The number of hydrogen-bond donors (Lipinski definition) is 1. The van der Waals surface area contributed by atoms with Crippen molar-refractivity contribution in [3.8, 4) is 0 Å². The molecule has 0 spiro atoms. The maximum Gasteiger partial charge on any atom is 0.247 e. The summed E-state index contributed by atoms with van der Waals surface area (Å²) in [5, 5.41) is 3.84. The Kier molecular flexibility index (Phi) is 5.43. The number of morpholine rings is 1. The number of amides is 1. The van der Waals surface area contributed by atoms with Crippen molar-refractivity contribution in [3.63, 3.8) is 0 Å². The van der Waals surface area contributed by atoms with Gasteiger partial charge in [0.2, 0.25) is 11.9 Å².